The largest absolute Gasteiger partial charge is 0.497 e. The molecule has 1 aliphatic heterocycles. The molecule has 0 saturated heterocycles. The zero-order valence-corrected chi connectivity index (χ0v) is 19.1. The third-order valence-electron chi connectivity index (χ3n) is 5.69. The van der Waals surface area contributed by atoms with E-state index in [1.54, 1.807) is 19.6 Å². The van der Waals surface area contributed by atoms with E-state index in [4.69, 9.17) is 25.8 Å². The molecule has 3 heterocycles. The third-order valence-corrected chi connectivity index (χ3v) is 6.07. The fourth-order valence-corrected chi connectivity index (χ4v) is 4.13. The van der Waals surface area contributed by atoms with Gasteiger partial charge in [-0.05, 0) is 78.9 Å². The molecule has 0 saturated carbocycles. The summed E-state index contributed by atoms with van der Waals surface area (Å²) in [5.74, 6) is 2.46. The molecular weight excluding hydrogens is 436 g/mol. The van der Waals surface area contributed by atoms with Gasteiger partial charge in [-0.2, -0.15) is 0 Å². The molecule has 7 nitrogen and oxygen atoms in total. The van der Waals surface area contributed by atoms with E-state index in [9.17, 15) is 0 Å². The van der Waals surface area contributed by atoms with Crippen molar-refractivity contribution in [3.05, 3.63) is 90.8 Å². The average Bonchev–Trinajstić information content (AvgIpc) is 3.57. The van der Waals surface area contributed by atoms with Crippen molar-refractivity contribution in [2.75, 3.05) is 35.0 Å². The van der Waals surface area contributed by atoms with Crippen LogP contribution in [0.1, 0.15) is 23.6 Å². The van der Waals surface area contributed by atoms with Crippen molar-refractivity contribution in [1.82, 2.24) is 0 Å². The number of fused-ring (bicyclic) bond motifs is 1. The number of hydrogen-bond acceptors (Lipinski definition) is 6. The van der Waals surface area contributed by atoms with Crippen molar-refractivity contribution in [3.8, 4) is 5.75 Å². The second-order valence-electron chi connectivity index (χ2n) is 7.72. The summed E-state index contributed by atoms with van der Waals surface area (Å²) in [5.41, 5.74) is 3.76. The van der Waals surface area contributed by atoms with Gasteiger partial charge in [0.1, 0.15) is 29.4 Å². The highest BCUT2D eigenvalue weighted by Crippen LogP contribution is 2.43. The van der Waals surface area contributed by atoms with Gasteiger partial charge in [0.05, 0.1) is 31.0 Å². The first-order valence-electron chi connectivity index (χ1n) is 10.5. The van der Waals surface area contributed by atoms with Crippen molar-refractivity contribution in [1.29, 1.82) is 0 Å². The molecule has 2 unspecified atom stereocenters. The molecule has 5 rings (SSSR count). The number of furan rings is 2. The SMILES string of the molecule is COc1ccc(N(C)C(=S)Nc2ccc3c(c2)NC(c2ccco2)C(c2ccco2)N3)cc1. The second-order valence-corrected chi connectivity index (χ2v) is 8.11. The first-order chi connectivity index (χ1) is 16.1. The van der Waals surface area contributed by atoms with Crippen LogP contribution in [0, 0.1) is 0 Å². The van der Waals surface area contributed by atoms with E-state index in [1.807, 2.05) is 78.7 Å². The monoisotopic (exact) mass is 460 g/mol. The van der Waals surface area contributed by atoms with Crippen molar-refractivity contribution in [3.63, 3.8) is 0 Å². The fourth-order valence-electron chi connectivity index (χ4n) is 3.91. The van der Waals surface area contributed by atoms with Crippen LogP contribution in [0.2, 0.25) is 0 Å². The highest BCUT2D eigenvalue weighted by Gasteiger charge is 2.33. The molecule has 0 bridgehead atoms. The van der Waals surface area contributed by atoms with E-state index < -0.39 is 0 Å². The summed E-state index contributed by atoms with van der Waals surface area (Å²) in [7, 11) is 3.58. The Morgan fingerprint density at radius 2 is 1.55 bits per heavy atom. The minimum Gasteiger partial charge on any atom is -0.497 e. The van der Waals surface area contributed by atoms with Gasteiger partial charge >= 0.3 is 0 Å². The number of nitrogens with zero attached hydrogens (tertiary/aromatic N) is 1. The number of benzene rings is 2. The third kappa shape index (κ3) is 4.25. The van der Waals surface area contributed by atoms with Gasteiger partial charge in [-0.1, -0.05) is 0 Å². The van der Waals surface area contributed by atoms with Crippen molar-refractivity contribution >= 4 is 40.1 Å². The van der Waals surface area contributed by atoms with E-state index in [0.717, 1.165) is 40.0 Å². The van der Waals surface area contributed by atoms with E-state index >= 15 is 0 Å². The van der Waals surface area contributed by atoms with Crippen LogP contribution >= 0.6 is 12.2 Å². The summed E-state index contributed by atoms with van der Waals surface area (Å²) in [5, 5.41) is 11.1. The lowest BCUT2D eigenvalue weighted by Crippen LogP contribution is -2.31. The van der Waals surface area contributed by atoms with Gasteiger partial charge in [-0.15, -0.1) is 0 Å². The Bertz CT molecular complexity index is 1220. The average molecular weight is 461 g/mol. The first kappa shape index (κ1) is 21.0. The van der Waals surface area contributed by atoms with Crippen LogP contribution in [0.5, 0.6) is 5.75 Å². The zero-order chi connectivity index (χ0) is 22.8. The summed E-state index contributed by atoms with van der Waals surface area (Å²) in [4.78, 5) is 1.92. The summed E-state index contributed by atoms with van der Waals surface area (Å²) >= 11 is 5.64. The Kier molecular flexibility index (Phi) is 5.66. The molecule has 8 heteroatoms. The highest BCUT2D eigenvalue weighted by atomic mass is 32.1. The number of thiocarbonyl (C=S) groups is 1. The maximum absolute atomic E-state index is 5.71. The van der Waals surface area contributed by atoms with Gasteiger partial charge in [-0.25, -0.2) is 0 Å². The van der Waals surface area contributed by atoms with Crippen molar-refractivity contribution in [2.45, 2.75) is 12.1 Å². The molecule has 2 aromatic heterocycles. The molecule has 33 heavy (non-hydrogen) atoms. The maximum Gasteiger partial charge on any atom is 0.177 e. The zero-order valence-electron chi connectivity index (χ0n) is 18.2. The van der Waals surface area contributed by atoms with E-state index in [-0.39, 0.29) is 12.1 Å². The Morgan fingerprint density at radius 3 is 2.12 bits per heavy atom. The smallest absolute Gasteiger partial charge is 0.177 e. The van der Waals surface area contributed by atoms with Crippen molar-refractivity contribution < 1.29 is 13.6 Å². The van der Waals surface area contributed by atoms with E-state index in [1.165, 1.54) is 0 Å². The lowest BCUT2D eigenvalue weighted by atomic mass is 9.98. The molecule has 168 valence electrons. The number of anilines is 4. The molecule has 4 aromatic rings. The number of rotatable bonds is 5. The normalized spacial score (nSPS) is 16.8. The summed E-state index contributed by atoms with van der Waals surface area (Å²) in [6, 6.07) is 21.2. The quantitative estimate of drug-likeness (QED) is 0.312. The predicted molar refractivity (Wildman–Crippen MR) is 134 cm³/mol. The highest BCUT2D eigenvalue weighted by molar-refractivity contribution is 7.80. The maximum atomic E-state index is 5.71. The van der Waals surface area contributed by atoms with Gasteiger partial charge in [0.25, 0.3) is 0 Å². The van der Waals surface area contributed by atoms with E-state index in [2.05, 4.69) is 16.0 Å². The molecule has 1 aliphatic rings. The summed E-state index contributed by atoms with van der Waals surface area (Å²) in [6.07, 6.45) is 3.36. The molecule has 0 aliphatic carbocycles. The molecule has 2 aromatic carbocycles. The van der Waals surface area contributed by atoms with Gasteiger partial charge in [-0.3, -0.25) is 0 Å². The topological polar surface area (TPSA) is 74.8 Å². The molecule has 2 atom stereocenters. The number of hydrogen-bond donors (Lipinski definition) is 3. The molecule has 0 spiro atoms. The van der Waals surface area contributed by atoms with Crippen LogP contribution in [0.3, 0.4) is 0 Å². The first-order valence-corrected chi connectivity index (χ1v) is 11.0. The molecule has 0 amide bonds. The molecule has 3 N–H and O–H groups in total. The minimum atomic E-state index is -0.136. The lowest BCUT2D eigenvalue weighted by molar-refractivity contribution is 0.405. The fraction of sp³-hybridized carbons (Fsp3) is 0.160. The van der Waals surface area contributed by atoms with Crippen molar-refractivity contribution in [2.24, 2.45) is 0 Å². The van der Waals surface area contributed by atoms with Crippen LogP contribution in [0.4, 0.5) is 22.7 Å². The Morgan fingerprint density at radius 1 is 0.909 bits per heavy atom. The van der Waals surface area contributed by atoms with Gasteiger partial charge in [0.15, 0.2) is 5.11 Å². The second kappa shape index (κ2) is 8.91. The Hall–Kier alpha value is -3.91. The molecule has 0 fully saturated rings. The standard InChI is InChI=1S/C25H24N4O3S/c1-29(17-8-10-18(30-2)11-9-17)25(33)26-16-7-12-19-20(15-16)28-24(22-6-4-14-32-22)23(27-19)21-5-3-13-31-21/h3-15,23-24,27-28H,1-2H3,(H,26,33). The molecule has 0 radical (unpaired) electrons. The lowest BCUT2D eigenvalue weighted by Gasteiger charge is -2.34. The summed E-state index contributed by atoms with van der Waals surface area (Å²) < 4.78 is 16.6. The van der Waals surface area contributed by atoms with Gasteiger partial charge < -0.3 is 34.4 Å². The van der Waals surface area contributed by atoms with Crippen LogP contribution in [0.15, 0.2) is 88.1 Å². The number of nitrogens with one attached hydrogen (secondary N) is 3. The van der Waals surface area contributed by atoms with Crippen LogP contribution in [-0.2, 0) is 0 Å². The summed E-state index contributed by atoms with van der Waals surface area (Å²) in [6.45, 7) is 0. The predicted octanol–water partition coefficient (Wildman–Crippen LogP) is 6.03. The Balaban J connectivity index is 1.36. The molecular formula is C25H24N4O3S. The van der Waals surface area contributed by atoms with Gasteiger partial charge in [0, 0.05) is 18.4 Å². The minimum absolute atomic E-state index is 0.111. The van der Waals surface area contributed by atoms with E-state index in [0.29, 0.717) is 5.11 Å². The van der Waals surface area contributed by atoms with Gasteiger partial charge in [0.2, 0.25) is 0 Å². The number of ether oxygens (including phenoxy) is 1. The van der Waals surface area contributed by atoms with Crippen LogP contribution in [-0.4, -0.2) is 19.3 Å². The van der Waals surface area contributed by atoms with Crippen LogP contribution < -0.4 is 25.6 Å². The van der Waals surface area contributed by atoms with Crippen LogP contribution in [0.25, 0.3) is 0 Å². The number of methoxy groups -OCH3 is 1. The Labute approximate surface area is 197 Å².